The summed E-state index contributed by atoms with van der Waals surface area (Å²) < 4.78 is 4.81. The van der Waals surface area contributed by atoms with Gasteiger partial charge in [-0.15, -0.1) is 0 Å². The summed E-state index contributed by atoms with van der Waals surface area (Å²) >= 11 is 0. The van der Waals surface area contributed by atoms with Crippen molar-refractivity contribution in [2.45, 2.75) is 0 Å². The summed E-state index contributed by atoms with van der Waals surface area (Å²) in [6.07, 6.45) is 0. The average molecular weight is 712 g/mol. The molecule has 3 heteroatoms. The molecule has 56 heavy (non-hydrogen) atoms. The molecule has 0 amide bonds. The Morgan fingerprint density at radius 2 is 0.911 bits per heavy atom. The maximum absolute atomic E-state index is 9.69. The number of rotatable bonds is 5. The molecule has 0 N–H and O–H groups in total. The second-order valence-corrected chi connectivity index (χ2v) is 14.5. The van der Waals surface area contributed by atoms with Crippen LogP contribution in [-0.4, -0.2) is 9.13 Å². The lowest BCUT2D eigenvalue weighted by Crippen LogP contribution is -1.97. The van der Waals surface area contributed by atoms with Gasteiger partial charge in [0, 0.05) is 32.8 Å². The summed E-state index contributed by atoms with van der Waals surface area (Å²) in [6.45, 7) is 0. The summed E-state index contributed by atoms with van der Waals surface area (Å²) in [5, 5.41) is 17.0. The molecule has 260 valence electrons. The van der Waals surface area contributed by atoms with Crippen LogP contribution in [0.15, 0.2) is 200 Å². The van der Waals surface area contributed by atoms with Crippen molar-refractivity contribution in [3.63, 3.8) is 0 Å². The van der Waals surface area contributed by atoms with E-state index in [9.17, 15) is 5.26 Å². The monoisotopic (exact) mass is 711 g/mol. The lowest BCUT2D eigenvalue weighted by atomic mass is 9.98. The van der Waals surface area contributed by atoms with Gasteiger partial charge in [0.25, 0.3) is 0 Å². The van der Waals surface area contributed by atoms with Crippen molar-refractivity contribution in [3.8, 4) is 50.8 Å². The molecule has 3 nitrogen and oxygen atoms in total. The van der Waals surface area contributed by atoms with E-state index in [0.29, 0.717) is 5.56 Å². The van der Waals surface area contributed by atoms with Crippen LogP contribution >= 0.6 is 0 Å². The molecule has 0 saturated heterocycles. The number of nitrogens with zero attached hydrogens (tertiary/aromatic N) is 3. The number of hydrogen-bond acceptors (Lipinski definition) is 1. The van der Waals surface area contributed by atoms with Crippen LogP contribution in [-0.2, 0) is 0 Å². The highest BCUT2D eigenvalue weighted by molar-refractivity contribution is 6.22. The molecule has 0 spiro atoms. The first-order valence-corrected chi connectivity index (χ1v) is 19.0. The molecule has 0 aliphatic rings. The highest BCUT2D eigenvalue weighted by Crippen LogP contribution is 2.42. The zero-order chi connectivity index (χ0) is 37.2. The molecule has 11 aromatic rings. The third kappa shape index (κ3) is 4.98. The van der Waals surface area contributed by atoms with E-state index in [0.717, 1.165) is 44.5 Å². The first kappa shape index (κ1) is 31.8. The van der Waals surface area contributed by atoms with Crippen molar-refractivity contribution in [1.29, 1.82) is 5.26 Å². The first-order valence-electron chi connectivity index (χ1n) is 19.0. The predicted octanol–water partition coefficient (Wildman–Crippen LogP) is 13.9. The fraction of sp³-hybridized carbons (Fsp3) is 0. The molecule has 0 aliphatic carbocycles. The molecule has 0 radical (unpaired) electrons. The van der Waals surface area contributed by atoms with Gasteiger partial charge in [-0.1, -0.05) is 127 Å². The minimum Gasteiger partial charge on any atom is -0.309 e. The first-order chi connectivity index (χ1) is 27.7. The average Bonchev–Trinajstić information content (AvgIpc) is 3.79. The number of para-hydroxylation sites is 2. The molecule has 9 aromatic carbocycles. The van der Waals surface area contributed by atoms with Gasteiger partial charge in [0.2, 0.25) is 0 Å². The Morgan fingerprint density at radius 1 is 0.357 bits per heavy atom. The molecule has 0 bridgehead atoms. The van der Waals surface area contributed by atoms with Gasteiger partial charge < -0.3 is 9.13 Å². The minimum absolute atomic E-state index is 0.654. The highest BCUT2D eigenvalue weighted by atomic mass is 15.0. The number of hydrogen-bond donors (Lipinski definition) is 0. The Balaban J connectivity index is 1.17. The molecule has 0 saturated carbocycles. The smallest absolute Gasteiger partial charge is 0.0991 e. The highest BCUT2D eigenvalue weighted by Gasteiger charge is 2.19. The number of nitriles is 1. The van der Waals surface area contributed by atoms with E-state index in [1.807, 2.05) is 18.2 Å². The molecule has 2 heterocycles. The van der Waals surface area contributed by atoms with Crippen LogP contribution in [0.5, 0.6) is 0 Å². The van der Waals surface area contributed by atoms with E-state index in [2.05, 4.69) is 197 Å². The molecular weight excluding hydrogens is 679 g/mol. The summed E-state index contributed by atoms with van der Waals surface area (Å²) in [5.41, 5.74) is 14.4. The largest absolute Gasteiger partial charge is 0.309 e. The van der Waals surface area contributed by atoms with E-state index in [1.165, 1.54) is 54.7 Å². The predicted molar refractivity (Wildman–Crippen MR) is 234 cm³/mol. The summed E-state index contributed by atoms with van der Waals surface area (Å²) in [4.78, 5) is 0. The maximum atomic E-state index is 9.69. The van der Waals surface area contributed by atoms with Gasteiger partial charge in [0.15, 0.2) is 0 Å². The number of aromatic nitrogens is 2. The van der Waals surface area contributed by atoms with Crippen LogP contribution in [0.25, 0.3) is 99.1 Å². The van der Waals surface area contributed by atoms with E-state index in [4.69, 9.17) is 0 Å². The molecule has 0 atom stereocenters. The van der Waals surface area contributed by atoms with Gasteiger partial charge in [-0.05, 0) is 111 Å². The van der Waals surface area contributed by atoms with E-state index < -0.39 is 0 Å². The fourth-order valence-electron chi connectivity index (χ4n) is 8.77. The maximum Gasteiger partial charge on any atom is 0.0991 e. The molecule has 0 aliphatic heterocycles. The zero-order valence-corrected chi connectivity index (χ0v) is 30.4. The van der Waals surface area contributed by atoms with Crippen LogP contribution in [0, 0.1) is 11.3 Å². The van der Waals surface area contributed by atoms with Crippen molar-refractivity contribution >= 4 is 54.4 Å². The molecule has 0 unspecified atom stereocenters. The second-order valence-electron chi connectivity index (χ2n) is 14.5. The van der Waals surface area contributed by atoms with E-state index in [-0.39, 0.29) is 0 Å². The Morgan fingerprint density at radius 3 is 1.62 bits per heavy atom. The molecule has 2 aromatic heterocycles. The number of benzene rings is 9. The van der Waals surface area contributed by atoms with E-state index >= 15 is 0 Å². The van der Waals surface area contributed by atoms with Crippen LogP contribution < -0.4 is 0 Å². The van der Waals surface area contributed by atoms with Gasteiger partial charge in [0.05, 0.1) is 39.4 Å². The lowest BCUT2D eigenvalue weighted by Gasteiger charge is -2.14. The zero-order valence-electron chi connectivity index (χ0n) is 30.4. The second kappa shape index (κ2) is 12.7. The quantitative estimate of drug-likeness (QED) is 0.175. The third-order valence-electron chi connectivity index (χ3n) is 11.3. The van der Waals surface area contributed by atoms with Crippen molar-refractivity contribution in [1.82, 2.24) is 9.13 Å². The van der Waals surface area contributed by atoms with Crippen LogP contribution in [0.2, 0.25) is 0 Å². The van der Waals surface area contributed by atoms with Gasteiger partial charge in [0.1, 0.15) is 0 Å². The SMILES string of the molecule is N#Cc1cccc(-c2ccc3c(c2)c2cc(-c4ccc5c(c4)c4c6ccccc6ccc4n5-c4ccccc4)ccc2n3-c2ccccc2-c2ccccc2)c1. The molecule has 0 fully saturated rings. The van der Waals surface area contributed by atoms with Crippen LogP contribution in [0.4, 0.5) is 0 Å². The lowest BCUT2D eigenvalue weighted by molar-refractivity contribution is 1.18. The van der Waals surface area contributed by atoms with Crippen LogP contribution in [0.1, 0.15) is 5.56 Å². The van der Waals surface area contributed by atoms with Crippen LogP contribution in [0.3, 0.4) is 0 Å². The Bertz CT molecular complexity index is 3360. The summed E-state index contributed by atoms with van der Waals surface area (Å²) in [5.74, 6) is 0. The molecular formula is C53H33N3. The Labute approximate surface area is 324 Å². The normalized spacial score (nSPS) is 11.6. The standard InChI is InChI=1S/C53H33N3/c54-34-35-12-11-16-38(30-35)39-23-26-49-45(31-39)46-32-40(24-27-50(46)56(49)48-21-10-9-19-43(48)36-13-3-1-4-14-36)41-25-28-51-47(33-41)53-44-20-8-7-15-37(44)22-29-52(53)55(51)42-17-5-2-6-18-42/h1-33H. The van der Waals surface area contributed by atoms with E-state index in [1.54, 1.807) is 0 Å². The van der Waals surface area contributed by atoms with Crippen molar-refractivity contribution in [2.75, 3.05) is 0 Å². The van der Waals surface area contributed by atoms with Gasteiger partial charge in [-0.3, -0.25) is 0 Å². The van der Waals surface area contributed by atoms with Crippen molar-refractivity contribution < 1.29 is 0 Å². The summed E-state index contributed by atoms with van der Waals surface area (Å²) in [7, 11) is 0. The van der Waals surface area contributed by atoms with Gasteiger partial charge in [-0.25, -0.2) is 0 Å². The topological polar surface area (TPSA) is 33.6 Å². The van der Waals surface area contributed by atoms with Crippen molar-refractivity contribution in [3.05, 3.63) is 206 Å². The van der Waals surface area contributed by atoms with Crippen molar-refractivity contribution in [2.24, 2.45) is 0 Å². The summed E-state index contributed by atoms with van der Waals surface area (Å²) in [6, 6.07) is 74.0. The van der Waals surface area contributed by atoms with Gasteiger partial charge >= 0.3 is 0 Å². The molecule has 11 rings (SSSR count). The van der Waals surface area contributed by atoms with Gasteiger partial charge in [-0.2, -0.15) is 5.26 Å². The number of fused-ring (bicyclic) bond motifs is 8. The third-order valence-corrected chi connectivity index (χ3v) is 11.3. The Kier molecular flexibility index (Phi) is 7.23. The Hall–Kier alpha value is -7.67. The minimum atomic E-state index is 0.654. The fourth-order valence-corrected chi connectivity index (χ4v) is 8.77.